The SMILES string of the molecule is Cc1ccc(S(=O)(=O)OCC(O)[C@H](Cc2ccccc2)NC(=O)OC(C)(C)C)cc1. The molecule has 1 unspecified atom stereocenters. The van der Waals surface area contributed by atoms with Gasteiger partial charge in [0.1, 0.15) is 5.60 Å². The van der Waals surface area contributed by atoms with Gasteiger partial charge < -0.3 is 15.2 Å². The lowest BCUT2D eigenvalue weighted by atomic mass is 10.0. The molecule has 0 aliphatic heterocycles. The number of nitrogens with one attached hydrogen (secondary N) is 1. The van der Waals surface area contributed by atoms with Crippen molar-refractivity contribution in [1.82, 2.24) is 5.32 Å². The van der Waals surface area contributed by atoms with Crippen molar-refractivity contribution in [1.29, 1.82) is 0 Å². The number of aryl methyl sites for hydroxylation is 1. The number of hydrogen-bond acceptors (Lipinski definition) is 6. The minimum absolute atomic E-state index is 0.0000100. The summed E-state index contributed by atoms with van der Waals surface area (Å²) in [7, 11) is -4.04. The molecule has 0 aromatic heterocycles. The molecular formula is C22H29NO6S. The summed E-state index contributed by atoms with van der Waals surface area (Å²) >= 11 is 0. The van der Waals surface area contributed by atoms with Gasteiger partial charge in [0.05, 0.1) is 23.6 Å². The zero-order valence-corrected chi connectivity index (χ0v) is 18.5. The summed E-state index contributed by atoms with van der Waals surface area (Å²) in [6, 6.07) is 14.6. The number of amides is 1. The van der Waals surface area contributed by atoms with Crippen molar-refractivity contribution >= 4 is 16.2 Å². The zero-order chi connectivity index (χ0) is 22.4. The predicted octanol–water partition coefficient (Wildman–Crippen LogP) is 3.20. The zero-order valence-electron chi connectivity index (χ0n) is 17.7. The van der Waals surface area contributed by atoms with E-state index in [-0.39, 0.29) is 11.3 Å². The molecule has 2 aromatic rings. The van der Waals surface area contributed by atoms with Crippen LogP contribution in [0.1, 0.15) is 31.9 Å². The van der Waals surface area contributed by atoms with Gasteiger partial charge in [-0.3, -0.25) is 4.18 Å². The maximum absolute atomic E-state index is 12.4. The third-order valence-corrected chi connectivity index (χ3v) is 5.46. The highest BCUT2D eigenvalue weighted by Gasteiger charge is 2.27. The summed E-state index contributed by atoms with van der Waals surface area (Å²) in [4.78, 5) is 12.2. The van der Waals surface area contributed by atoms with Crippen LogP contribution in [0.15, 0.2) is 59.5 Å². The van der Waals surface area contributed by atoms with Crippen LogP contribution in [0.4, 0.5) is 4.79 Å². The average molecular weight is 436 g/mol. The molecule has 8 heteroatoms. The monoisotopic (exact) mass is 435 g/mol. The maximum atomic E-state index is 12.4. The molecule has 0 aliphatic rings. The molecular weight excluding hydrogens is 406 g/mol. The fourth-order valence-corrected chi connectivity index (χ4v) is 3.58. The Hall–Kier alpha value is -2.42. The van der Waals surface area contributed by atoms with E-state index in [0.717, 1.165) is 11.1 Å². The minimum Gasteiger partial charge on any atom is -0.444 e. The van der Waals surface area contributed by atoms with Gasteiger partial charge in [-0.15, -0.1) is 0 Å². The molecule has 30 heavy (non-hydrogen) atoms. The van der Waals surface area contributed by atoms with Crippen molar-refractivity contribution < 1.29 is 27.2 Å². The van der Waals surface area contributed by atoms with Crippen LogP contribution in [0, 0.1) is 6.92 Å². The van der Waals surface area contributed by atoms with E-state index in [2.05, 4.69) is 5.32 Å². The van der Waals surface area contributed by atoms with E-state index in [1.165, 1.54) is 12.1 Å². The minimum atomic E-state index is -4.04. The van der Waals surface area contributed by atoms with E-state index in [4.69, 9.17) is 8.92 Å². The lowest BCUT2D eigenvalue weighted by Gasteiger charge is -2.26. The number of alkyl carbamates (subject to hydrolysis) is 1. The van der Waals surface area contributed by atoms with Gasteiger partial charge in [0.2, 0.25) is 0 Å². The van der Waals surface area contributed by atoms with Crippen molar-refractivity contribution in [2.75, 3.05) is 6.61 Å². The van der Waals surface area contributed by atoms with Gasteiger partial charge in [0.15, 0.2) is 0 Å². The molecule has 2 N–H and O–H groups in total. The van der Waals surface area contributed by atoms with Crippen LogP contribution in [0.5, 0.6) is 0 Å². The summed E-state index contributed by atoms with van der Waals surface area (Å²) in [6.45, 7) is 6.52. The highest BCUT2D eigenvalue weighted by molar-refractivity contribution is 7.86. The topological polar surface area (TPSA) is 102 Å². The largest absolute Gasteiger partial charge is 0.444 e. The third-order valence-electron chi connectivity index (χ3n) is 4.17. The number of carbonyl (C=O) groups is 1. The Kier molecular flexibility index (Phi) is 8.00. The van der Waals surface area contributed by atoms with Crippen molar-refractivity contribution in [2.24, 2.45) is 0 Å². The predicted molar refractivity (Wildman–Crippen MR) is 114 cm³/mol. The highest BCUT2D eigenvalue weighted by atomic mass is 32.2. The molecule has 0 aliphatic carbocycles. The maximum Gasteiger partial charge on any atom is 0.407 e. The number of benzene rings is 2. The molecule has 1 amide bonds. The van der Waals surface area contributed by atoms with E-state index >= 15 is 0 Å². The number of aliphatic hydroxyl groups is 1. The number of aliphatic hydroxyl groups excluding tert-OH is 1. The van der Waals surface area contributed by atoms with Gasteiger partial charge in [-0.2, -0.15) is 8.42 Å². The quantitative estimate of drug-likeness (QED) is 0.618. The van der Waals surface area contributed by atoms with Crippen molar-refractivity contribution in [2.45, 2.75) is 56.8 Å². The van der Waals surface area contributed by atoms with E-state index in [1.54, 1.807) is 32.9 Å². The van der Waals surface area contributed by atoms with Crippen molar-refractivity contribution in [3.05, 3.63) is 65.7 Å². The van der Waals surface area contributed by atoms with Crippen molar-refractivity contribution in [3.8, 4) is 0 Å². The van der Waals surface area contributed by atoms with Crippen LogP contribution in [0.3, 0.4) is 0 Å². The Labute approximate surface area is 178 Å². The van der Waals surface area contributed by atoms with Crippen LogP contribution in [0.25, 0.3) is 0 Å². The van der Waals surface area contributed by atoms with Crippen LogP contribution in [0.2, 0.25) is 0 Å². The summed E-state index contributed by atoms with van der Waals surface area (Å²) < 4.78 is 35.1. The number of rotatable bonds is 8. The molecule has 0 spiro atoms. The van der Waals surface area contributed by atoms with E-state index in [1.807, 2.05) is 37.3 Å². The van der Waals surface area contributed by atoms with Crippen LogP contribution < -0.4 is 5.32 Å². The number of ether oxygens (including phenoxy) is 1. The van der Waals surface area contributed by atoms with E-state index < -0.39 is 40.6 Å². The molecule has 0 bridgehead atoms. The molecule has 0 saturated carbocycles. The normalized spacial score (nSPS) is 14.0. The second kappa shape index (κ2) is 10.1. The Morgan fingerprint density at radius 1 is 1.07 bits per heavy atom. The summed E-state index contributed by atoms with van der Waals surface area (Å²) in [5.74, 6) is 0. The van der Waals surface area contributed by atoms with Crippen LogP contribution in [-0.4, -0.2) is 44.0 Å². The Morgan fingerprint density at radius 2 is 1.67 bits per heavy atom. The smallest absolute Gasteiger partial charge is 0.407 e. The summed E-state index contributed by atoms with van der Waals surface area (Å²) in [6.07, 6.45) is -1.71. The summed E-state index contributed by atoms with van der Waals surface area (Å²) in [5, 5.41) is 13.2. The first-order chi connectivity index (χ1) is 14.0. The molecule has 2 rings (SSSR count). The van der Waals surface area contributed by atoms with Gasteiger partial charge >= 0.3 is 6.09 Å². The van der Waals surface area contributed by atoms with Crippen molar-refractivity contribution in [3.63, 3.8) is 0 Å². The highest BCUT2D eigenvalue weighted by Crippen LogP contribution is 2.15. The Balaban J connectivity index is 2.09. The molecule has 7 nitrogen and oxygen atoms in total. The second-order valence-corrected chi connectivity index (χ2v) is 9.68. The summed E-state index contributed by atoms with van der Waals surface area (Å²) in [5.41, 5.74) is 1.06. The molecule has 0 fully saturated rings. The van der Waals surface area contributed by atoms with Gasteiger partial charge in [-0.05, 0) is 51.8 Å². The lowest BCUT2D eigenvalue weighted by Crippen LogP contribution is -2.48. The van der Waals surface area contributed by atoms with Crippen LogP contribution in [-0.2, 0) is 25.5 Å². The molecule has 164 valence electrons. The fourth-order valence-electron chi connectivity index (χ4n) is 2.66. The van der Waals surface area contributed by atoms with Gasteiger partial charge in [-0.25, -0.2) is 4.79 Å². The molecule has 0 saturated heterocycles. The van der Waals surface area contributed by atoms with E-state index in [0.29, 0.717) is 0 Å². The standard InChI is InChI=1S/C22H29NO6S/c1-16-10-12-18(13-11-16)30(26,27)28-15-20(24)19(14-17-8-6-5-7-9-17)23-21(25)29-22(2,3)4/h5-13,19-20,24H,14-15H2,1-4H3,(H,23,25)/t19-,20?/m0/s1. The first-order valence-electron chi connectivity index (χ1n) is 9.64. The molecule has 2 aromatic carbocycles. The van der Waals surface area contributed by atoms with Gasteiger partial charge in [0, 0.05) is 0 Å². The first kappa shape index (κ1) is 23.9. The average Bonchev–Trinajstić information content (AvgIpc) is 2.65. The van der Waals surface area contributed by atoms with Gasteiger partial charge in [-0.1, -0.05) is 48.0 Å². The second-order valence-electron chi connectivity index (χ2n) is 8.06. The van der Waals surface area contributed by atoms with Gasteiger partial charge in [0.25, 0.3) is 10.1 Å². The van der Waals surface area contributed by atoms with E-state index in [9.17, 15) is 18.3 Å². The molecule has 0 heterocycles. The van der Waals surface area contributed by atoms with Crippen LogP contribution >= 0.6 is 0 Å². The first-order valence-corrected chi connectivity index (χ1v) is 11.0. The fraction of sp³-hybridized carbons (Fsp3) is 0.409. The number of carbonyl (C=O) groups excluding carboxylic acids is 1. The lowest BCUT2D eigenvalue weighted by molar-refractivity contribution is 0.0355. The number of hydrogen-bond donors (Lipinski definition) is 2. The molecule has 0 radical (unpaired) electrons. The Morgan fingerprint density at radius 3 is 2.23 bits per heavy atom. The third kappa shape index (κ3) is 7.78. The Bertz CT molecular complexity index is 920. The molecule has 2 atom stereocenters.